The van der Waals surface area contributed by atoms with Gasteiger partial charge < -0.3 is 0 Å². The van der Waals surface area contributed by atoms with Gasteiger partial charge in [-0.1, -0.05) is 61.2 Å². The molecule has 1 aromatic carbocycles. The zero-order valence-corrected chi connectivity index (χ0v) is 14.2. The first-order chi connectivity index (χ1) is 10.1. The lowest BCUT2D eigenvalue weighted by atomic mass is 10.0. The summed E-state index contributed by atoms with van der Waals surface area (Å²) in [6, 6.07) is 7.05. The highest BCUT2D eigenvalue weighted by atomic mass is 79.9. The van der Waals surface area contributed by atoms with Gasteiger partial charge in [0.1, 0.15) is 0 Å². The molecule has 0 radical (unpaired) electrons. The summed E-state index contributed by atoms with van der Waals surface area (Å²) < 4.78 is 0. The topological polar surface area (TPSA) is 37.4 Å². The van der Waals surface area contributed by atoms with Crippen LogP contribution in [0.2, 0.25) is 0 Å². The Bertz CT molecular complexity index is 494. The van der Waals surface area contributed by atoms with Crippen molar-refractivity contribution in [1.82, 2.24) is 4.90 Å². The summed E-state index contributed by atoms with van der Waals surface area (Å²) in [4.78, 5) is 26.8. The fourth-order valence-electron chi connectivity index (χ4n) is 2.87. The molecule has 2 amide bonds. The van der Waals surface area contributed by atoms with Gasteiger partial charge in [0.15, 0.2) is 0 Å². The van der Waals surface area contributed by atoms with Crippen molar-refractivity contribution in [2.24, 2.45) is 0 Å². The summed E-state index contributed by atoms with van der Waals surface area (Å²) in [6.45, 7) is 4.24. The molecule has 114 valence electrons. The average molecular weight is 352 g/mol. The molecule has 2 unspecified atom stereocenters. The second-order valence-corrected chi connectivity index (χ2v) is 6.72. The zero-order chi connectivity index (χ0) is 15.4. The molecular formula is C17H22BrNO2. The number of halogens is 1. The summed E-state index contributed by atoms with van der Waals surface area (Å²) in [5.74, 6) is -0.287. The number of hydrogen-bond acceptors (Lipinski definition) is 2. The van der Waals surface area contributed by atoms with E-state index in [4.69, 9.17) is 0 Å². The molecule has 0 aliphatic carbocycles. The highest BCUT2D eigenvalue weighted by molar-refractivity contribution is 9.09. The van der Waals surface area contributed by atoms with E-state index < -0.39 is 0 Å². The number of nitrogens with zero attached hydrogens (tertiary/aromatic N) is 1. The lowest BCUT2D eigenvalue weighted by Crippen LogP contribution is -2.44. The Balaban J connectivity index is 2.26. The number of alkyl halides is 1. The average Bonchev–Trinajstić information content (AvgIpc) is 2.75. The van der Waals surface area contributed by atoms with Crippen LogP contribution in [0.15, 0.2) is 24.3 Å². The van der Waals surface area contributed by atoms with Crippen LogP contribution in [0.1, 0.15) is 66.7 Å². The van der Waals surface area contributed by atoms with Crippen molar-refractivity contribution in [3.8, 4) is 0 Å². The Kier molecular flexibility index (Phi) is 5.57. The first kappa shape index (κ1) is 16.2. The van der Waals surface area contributed by atoms with Crippen LogP contribution in [0.4, 0.5) is 0 Å². The van der Waals surface area contributed by atoms with Crippen molar-refractivity contribution in [2.45, 2.75) is 56.8 Å². The van der Waals surface area contributed by atoms with Crippen LogP contribution in [0.25, 0.3) is 0 Å². The van der Waals surface area contributed by atoms with E-state index in [0.717, 1.165) is 32.1 Å². The molecule has 4 heteroatoms. The van der Waals surface area contributed by atoms with Crippen LogP contribution in [0.3, 0.4) is 0 Å². The molecule has 1 aromatic rings. The maximum absolute atomic E-state index is 12.6. The van der Waals surface area contributed by atoms with Gasteiger partial charge >= 0.3 is 0 Å². The fourth-order valence-corrected chi connectivity index (χ4v) is 3.69. The van der Waals surface area contributed by atoms with Crippen molar-refractivity contribution in [2.75, 3.05) is 0 Å². The summed E-state index contributed by atoms with van der Waals surface area (Å²) in [7, 11) is 0. The quantitative estimate of drug-likeness (QED) is 0.539. The second kappa shape index (κ2) is 7.21. The van der Waals surface area contributed by atoms with Crippen LogP contribution in [0, 0.1) is 0 Å². The Labute approximate surface area is 134 Å². The summed E-state index contributed by atoms with van der Waals surface area (Å²) in [5, 5.41) is 0. The number of rotatable bonds is 7. The standard InChI is InChI=1S/C17H22BrNO2/c1-3-5-11-14(18)15(8-4-2)19-16(20)12-9-6-7-10-13(12)17(19)21/h6-7,9-10,14-15H,3-5,8,11H2,1-2H3. The predicted molar refractivity (Wildman–Crippen MR) is 87.9 cm³/mol. The SMILES string of the molecule is CCCCC(Br)C(CCC)N1C(=O)c2ccccc2C1=O. The number of carbonyl (C=O) groups is 2. The monoisotopic (exact) mass is 351 g/mol. The number of imide groups is 1. The smallest absolute Gasteiger partial charge is 0.261 e. The molecule has 0 N–H and O–H groups in total. The number of unbranched alkanes of at least 4 members (excludes halogenated alkanes) is 1. The molecular weight excluding hydrogens is 330 g/mol. The molecule has 1 aliphatic heterocycles. The second-order valence-electron chi connectivity index (χ2n) is 5.54. The molecule has 0 bridgehead atoms. The summed E-state index contributed by atoms with van der Waals surface area (Å²) in [5.41, 5.74) is 1.08. The van der Waals surface area contributed by atoms with Crippen LogP contribution in [-0.2, 0) is 0 Å². The number of amides is 2. The van der Waals surface area contributed by atoms with Crippen LogP contribution in [-0.4, -0.2) is 27.6 Å². The molecule has 2 atom stereocenters. The van der Waals surface area contributed by atoms with E-state index in [1.54, 1.807) is 12.1 Å². The minimum Gasteiger partial charge on any atom is -0.270 e. The third-order valence-electron chi connectivity index (χ3n) is 3.99. The molecule has 0 saturated carbocycles. The van der Waals surface area contributed by atoms with E-state index in [2.05, 4.69) is 29.8 Å². The molecule has 0 fully saturated rings. The van der Waals surface area contributed by atoms with Gasteiger partial charge in [0, 0.05) is 4.83 Å². The maximum atomic E-state index is 12.6. The van der Waals surface area contributed by atoms with Crippen molar-refractivity contribution < 1.29 is 9.59 Å². The normalized spacial score (nSPS) is 17.0. The first-order valence-electron chi connectivity index (χ1n) is 7.72. The van der Waals surface area contributed by atoms with Gasteiger partial charge in [-0.25, -0.2) is 0 Å². The largest absolute Gasteiger partial charge is 0.270 e. The van der Waals surface area contributed by atoms with E-state index in [1.807, 2.05) is 12.1 Å². The third-order valence-corrected chi connectivity index (χ3v) is 5.06. The molecule has 1 heterocycles. The van der Waals surface area contributed by atoms with E-state index in [1.165, 1.54) is 4.90 Å². The molecule has 0 aromatic heterocycles. The Morgan fingerprint density at radius 1 is 1.00 bits per heavy atom. The van der Waals surface area contributed by atoms with Gasteiger partial charge in [-0.05, 0) is 25.0 Å². The predicted octanol–water partition coefficient (Wildman–Crippen LogP) is 4.41. The van der Waals surface area contributed by atoms with Crippen molar-refractivity contribution in [1.29, 1.82) is 0 Å². The Morgan fingerprint density at radius 3 is 2.05 bits per heavy atom. The van der Waals surface area contributed by atoms with Gasteiger partial charge in [-0.3, -0.25) is 14.5 Å². The van der Waals surface area contributed by atoms with Gasteiger partial charge in [-0.15, -0.1) is 0 Å². The van der Waals surface area contributed by atoms with Gasteiger partial charge in [0.25, 0.3) is 11.8 Å². The first-order valence-corrected chi connectivity index (χ1v) is 8.64. The van der Waals surface area contributed by atoms with Gasteiger partial charge in [-0.2, -0.15) is 0 Å². The lowest BCUT2D eigenvalue weighted by Gasteiger charge is -2.30. The van der Waals surface area contributed by atoms with Gasteiger partial charge in [0.05, 0.1) is 17.2 Å². The molecule has 21 heavy (non-hydrogen) atoms. The van der Waals surface area contributed by atoms with E-state index >= 15 is 0 Å². The number of carbonyl (C=O) groups excluding carboxylic acids is 2. The highest BCUT2D eigenvalue weighted by Gasteiger charge is 2.41. The number of fused-ring (bicyclic) bond motifs is 1. The Morgan fingerprint density at radius 2 is 1.57 bits per heavy atom. The highest BCUT2D eigenvalue weighted by Crippen LogP contribution is 2.30. The molecule has 2 rings (SSSR count). The van der Waals surface area contributed by atoms with Gasteiger partial charge in [0.2, 0.25) is 0 Å². The van der Waals surface area contributed by atoms with Crippen molar-refractivity contribution in [3.63, 3.8) is 0 Å². The third kappa shape index (κ3) is 3.20. The minimum absolute atomic E-state index is 0.0612. The maximum Gasteiger partial charge on any atom is 0.261 e. The molecule has 0 spiro atoms. The number of hydrogen-bond donors (Lipinski definition) is 0. The van der Waals surface area contributed by atoms with E-state index in [9.17, 15) is 9.59 Å². The van der Waals surface area contributed by atoms with Crippen molar-refractivity contribution >= 4 is 27.7 Å². The Hall–Kier alpha value is -1.16. The molecule has 1 aliphatic rings. The zero-order valence-electron chi connectivity index (χ0n) is 12.6. The van der Waals surface area contributed by atoms with Crippen LogP contribution >= 0.6 is 15.9 Å². The summed E-state index contributed by atoms with van der Waals surface area (Å²) in [6.07, 6.45) is 4.98. The van der Waals surface area contributed by atoms with E-state index in [0.29, 0.717) is 11.1 Å². The van der Waals surface area contributed by atoms with Crippen LogP contribution < -0.4 is 0 Å². The lowest BCUT2D eigenvalue weighted by molar-refractivity contribution is 0.0571. The van der Waals surface area contributed by atoms with Crippen LogP contribution in [0.5, 0.6) is 0 Å². The van der Waals surface area contributed by atoms with E-state index in [-0.39, 0.29) is 22.7 Å². The van der Waals surface area contributed by atoms with Crippen molar-refractivity contribution in [3.05, 3.63) is 35.4 Å². The summed E-state index contributed by atoms with van der Waals surface area (Å²) >= 11 is 3.71. The molecule has 0 saturated heterocycles. The fraction of sp³-hybridized carbons (Fsp3) is 0.529. The number of benzene rings is 1. The molecule has 3 nitrogen and oxygen atoms in total. The minimum atomic E-state index is -0.144.